The Morgan fingerprint density at radius 3 is 2.32 bits per heavy atom. The van der Waals surface area contributed by atoms with Crippen LogP contribution in [0.15, 0.2) is 30.3 Å². The molecule has 0 spiro atoms. The molecular formula is C20H27F2N3O3. The zero-order valence-corrected chi connectivity index (χ0v) is 15.7. The number of hydrogen-bond donors (Lipinski definition) is 2. The predicted molar refractivity (Wildman–Crippen MR) is 99.9 cm³/mol. The van der Waals surface area contributed by atoms with Crippen LogP contribution in [0.3, 0.4) is 0 Å². The molecule has 1 aromatic rings. The first-order chi connectivity index (χ1) is 13.4. The Bertz CT molecular complexity index is 658. The summed E-state index contributed by atoms with van der Waals surface area (Å²) in [7, 11) is 0. The lowest BCUT2D eigenvalue weighted by Crippen LogP contribution is -2.49. The highest BCUT2D eigenvalue weighted by molar-refractivity contribution is 5.82. The Morgan fingerprint density at radius 1 is 1.11 bits per heavy atom. The minimum atomic E-state index is -1.63. The standard InChI is InChI=1S/C20H27F2N3O3/c21-16-10-25(11-17(16)22)19(26)18(23)14-6-8-15(9-7-14)24-20(27)28-12-13-4-2-1-3-5-13/h1-5,14-18H,6-12,23H2,(H,24,27)/t14?,15?,16-,17-,18+/m1/s1. The molecule has 154 valence electrons. The average molecular weight is 395 g/mol. The van der Waals surface area contributed by atoms with E-state index in [0.717, 1.165) is 5.56 Å². The van der Waals surface area contributed by atoms with E-state index in [9.17, 15) is 18.4 Å². The van der Waals surface area contributed by atoms with E-state index in [1.165, 1.54) is 4.90 Å². The van der Waals surface area contributed by atoms with E-state index < -0.39 is 24.5 Å². The van der Waals surface area contributed by atoms with Crippen molar-refractivity contribution >= 4 is 12.0 Å². The van der Waals surface area contributed by atoms with Crippen LogP contribution in [0.5, 0.6) is 0 Å². The Balaban J connectivity index is 1.39. The number of nitrogens with two attached hydrogens (primary N) is 1. The van der Waals surface area contributed by atoms with Crippen LogP contribution < -0.4 is 11.1 Å². The molecule has 0 aromatic heterocycles. The first-order valence-electron chi connectivity index (χ1n) is 9.73. The zero-order chi connectivity index (χ0) is 20.1. The Kier molecular flexibility index (Phi) is 6.83. The lowest BCUT2D eigenvalue weighted by molar-refractivity contribution is -0.133. The summed E-state index contributed by atoms with van der Waals surface area (Å²) in [6, 6.07) is 8.63. The molecule has 3 rings (SSSR count). The molecule has 0 unspecified atom stereocenters. The largest absolute Gasteiger partial charge is 0.445 e. The molecule has 2 aliphatic rings. The highest BCUT2D eigenvalue weighted by atomic mass is 19.2. The SMILES string of the molecule is N[C@H](C(=O)N1C[C@@H](F)[C@H](F)C1)C1CCC(NC(=O)OCc2ccccc2)CC1. The van der Waals surface area contributed by atoms with Crippen LogP contribution in [0.4, 0.5) is 13.6 Å². The van der Waals surface area contributed by atoms with E-state index in [1.54, 1.807) is 0 Å². The second-order valence-electron chi connectivity index (χ2n) is 7.62. The number of carbonyl (C=O) groups is 2. The van der Waals surface area contributed by atoms with Crippen LogP contribution in [0.25, 0.3) is 0 Å². The Labute approximate surface area is 163 Å². The van der Waals surface area contributed by atoms with Crippen molar-refractivity contribution in [3.63, 3.8) is 0 Å². The van der Waals surface area contributed by atoms with Crippen molar-refractivity contribution in [1.82, 2.24) is 10.2 Å². The van der Waals surface area contributed by atoms with Crippen molar-refractivity contribution in [1.29, 1.82) is 0 Å². The van der Waals surface area contributed by atoms with Gasteiger partial charge in [0, 0.05) is 6.04 Å². The third-order valence-electron chi connectivity index (χ3n) is 5.59. The van der Waals surface area contributed by atoms with Gasteiger partial charge in [-0.2, -0.15) is 0 Å². The van der Waals surface area contributed by atoms with Gasteiger partial charge in [-0.05, 0) is 37.2 Å². The maximum Gasteiger partial charge on any atom is 0.407 e. The number of carbonyl (C=O) groups excluding carboxylic acids is 2. The molecule has 1 aliphatic carbocycles. The maximum absolute atomic E-state index is 13.3. The number of alkyl carbamates (subject to hydrolysis) is 1. The number of amides is 2. The number of nitrogens with zero attached hydrogens (tertiary/aromatic N) is 1. The van der Waals surface area contributed by atoms with Crippen LogP contribution in [-0.2, 0) is 16.1 Å². The fraction of sp³-hybridized carbons (Fsp3) is 0.600. The minimum Gasteiger partial charge on any atom is -0.445 e. The van der Waals surface area contributed by atoms with Gasteiger partial charge in [-0.1, -0.05) is 30.3 Å². The molecule has 6 nitrogen and oxygen atoms in total. The molecule has 3 atom stereocenters. The first-order valence-corrected chi connectivity index (χ1v) is 9.73. The predicted octanol–water partition coefficient (Wildman–Crippen LogP) is 2.32. The molecular weight excluding hydrogens is 368 g/mol. The summed E-state index contributed by atoms with van der Waals surface area (Å²) in [5, 5.41) is 2.85. The van der Waals surface area contributed by atoms with Gasteiger partial charge in [0.05, 0.1) is 19.1 Å². The maximum atomic E-state index is 13.3. The highest BCUT2D eigenvalue weighted by Crippen LogP contribution is 2.28. The fourth-order valence-electron chi connectivity index (χ4n) is 3.87. The van der Waals surface area contributed by atoms with Gasteiger partial charge in [0.1, 0.15) is 6.61 Å². The molecule has 0 radical (unpaired) electrons. The number of ether oxygens (including phenoxy) is 1. The van der Waals surface area contributed by atoms with Crippen molar-refractivity contribution in [2.24, 2.45) is 11.7 Å². The monoisotopic (exact) mass is 395 g/mol. The quantitative estimate of drug-likeness (QED) is 0.801. The van der Waals surface area contributed by atoms with Crippen molar-refractivity contribution in [2.45, 2.75) is 56.7 Å². The van der Waals surface area contributed by atoms with Crippen LogP contribution >= 0.6 is 0 Å². The Hall–Kier alpha value is -2.22. The van der Waals surface area contributed by atoms with Gasteiger partial charge in [-0.25, -0.2) is 13.6 Å². The Morgan fingerprint density at radius 2 is 1.71 bits per heavy atom. The van der Waals surface area contributed by atoms with Gasteiger partial charge >= 0.3 is 6.09 Å². The molecule has 0 bridgehead atoms. The second kappa shape index (κ2) is 9.32. The van der Waals surface area contributed by atoms with E-state index in [0.29, 0.717) is 25.7 Å². The van der Waals surface area contributed by atoms with Gasteiger partial charge in [0.15, 0.2) is 12.3 Å². The smallest absolute Gasteiger partial charge is 0.407 e. The molecule has 1 saturated heterocycles. The molecule has 2 amide bonds. The van der Waals surface area contributed by atoms with E-state index >= 15 is 0 Å². The number of benzene rings is 1. The summed E-state index contributed by atoms with van der Waals surface area (Å²) in [5.41, 5.74) is 6.99. The first kappa shape index (κ1) is 20.5. The number of likely N-dealkylation sites (tertiary alicyclic amines) is 1. The molecule has 1 aliphatic heterocycles. The van der Waals surface area contributed by atoms with Crippen LogP contribution in [-0.4, -0.2) is 54.4 Å². The van der Waals surface area contributed by atoms with Crippen LogP contribution in [0.1, 0.15) is 31.2 Å². The zero-order valence-electron chi connectivity index (χ0n) is 15.7. The van der Waals surface area contributed by atoms with Crippen LogP contribution in [0, 0.1) is 5.92 Å². The van der Waals surface area contributed by atoms with Crippen LogP contribution in [0.2, 0.25) is 0 Å². The summed E-state index contributed by atoms with van der Waals surface area (Å²) < 4.78 is 31.9. The van der Waals surface area contributed by atoms with Gasteiger partial charge < -0.3 is 20.7 Å². The number of halogens is 2. The molecule has 3 N–H and O–H groups in total. The normalized spacial score (nSPS) is 28.6. The molecule has 2 fully saturated rings. The number of hydrogen-bond acceptors (Lipinski definition) is 4. The second-order valence-corrected chi connectivity index (χ2v) is 7.62. The third-order valence-corrected chi connectivity index (χ3v) is 5.59. The van der Waals surface area contributed by atoms with Crippen molar-refractivity contribution in [2.75, 3.05) is 13.1 Å². The molecule has 1 heterocycles. The van der Waals surface area contributed by atoms with E-state index in [1.807, 2.05) is 30.3 Å². The molecule has 1 aromatic carbocycles. The molecule has 1 saturated carbocycles. The van der Waals surface area contributed by atoms with E-state index in [2.05, 4.69) is 5.32 Å². The summed E-state index contributed by atoms with van der Waals surface area (Å²) in [4.78, 5) is 25.5. The lowest BCUT2D eigenvalue weighted by atomic mass is 9.81. The fourth-order valence-corrected chi connectivity index (χ4v) is 3.87. The molecule has 8 heteroatoms. The summed E-state index contributed by atoms with van der Waals surface area (Å²) in [6.07, 6.45) is -1.01. The average Bonchev–Trinajstić information content (AvgIpc) is 3.05. The minimum absolute atomic E-state index is 0.0287. The lowest BCUT2D eigenvalue weighted by Gasteiger charge is -2.33. The third kappa shape index (κ3) is 5.19. The van der Waals surface area contributed by atoms with Crippen molar-refractivity contribution in [3.8, 4) is 0 Å². The number of alkyl halides is 2. The summed E-state index contributed by atoms with van der Waals surface area (Å²) >= 11 is 0. The number of rotatable bonds is 5. The topological polar surface area (TPSA) is 84.7 Å². The van der Waals surface area contributed by atoms with Crippen molar-refractivity contribution < 1.29 is 23.1 Å². The van der Waals surface area contributed by atoms with Crippen molar-refractivity contribution in [3.05, 3.63) is 35.9 Å². The summed E-state index contributed by atoms with van der Waals surface area (Å²) in [5.74, 6) is -0.441. The molecule has 28 heavy (non-hydrogen) atoms. The van der Waals surface area contributed by atoms with Gasteiger partial charge in [0.2, 0.25) is 5.91 Å². The highest BCUT2D eigenvalue weighted by Gasteiger charge is 2.39. The van der Waals surface area contributed by atoms with Gasteiger partial charge in [-0.3, -0.25) is 4.79 Å². The van der Waals surface area contributed by atoms with Gasteiger partial charge in [-0.15, -0.1) is 0 Å². The number of nitrogens with one attached hydrogen (secondary N) is 1. The van der Waals surface area contributed by atoms with E-state index in [4.69, 9.17) is 10.5 Å². The van der Waals surface area contributed by atoms with E-state index in [-0.39, 0.29) is 37.6 Å². The van der Waals surface area contributed by atoms with Gasteiger partial charge in [0.25, 0.3) is 0 Å². The summed E-state index contributed by atoms with van der Waals surface area (Å²) in [6.45, 7) is -0.238.